The Kier molecular flexibility index (Phi) is 9.88. The molecule has 174 valence electrons. The van der Waals surface area contributed by atoms with Gasteiger partial charge in [0, 0.05) is 23.4 Å². The van der Waals surface area contributed by atoms with E-state index in [0.29, 0.717) is 11.6 Å². The molecule has 0 amide bonds. The van der Waals surface area contributed by atoms with Crippen LogP contribution in [0.2, 0.25) is 0 Å². The molecule has 6 nitrogen and oxygen atoms in total. The van der Waals surface area contributed by atoms with Crippen molar-refractivity contribution in [3.8, 4) is 5.75 Å². The molecule has 1 aromatic carbocycles. The Hall–Kier alpha value is -2.70. The minimum absolute atomic E-state index is 0.117. The van der Waals surface area contributed by atoms with Crippen LogP contribution in [0, 0.1) is 12.8 Å². The number of rotatable bonds is 11. The number of pyridine rings is 1. The summed E-state index contributed by atoms with van der Waals surface area (Å²) in [5.41, 5.74) is 6.56. The van der Waals surface area contributed by atoms with Crippen molar-refractivity contribution in [2.24, 2.45) is 10.9 Å². The van der Waals surface area contributed by atoms with E-state index in [2.05, 4.69) is 43.4 Å². The molecule has 2 aromatic rings. The van der Waals surface area contributed by atoms with Gasteiger partial charge in [-0.2, -0.15) is 0 Å². The highest BCUT2D eigenvalue weighted by molar-refractivity contribution is 5.97. The molecule has 1 aromatic heterocycles. The van der Waals surface area contributed by atoms with Crippen molar-refractivity contribution >= 4 is 11.6 Å². The fourth-order valence-electron chi connectivity index (χ4n) is 3.54. The van der Waals surface area contributed by atoms with Gasteiger partial charge >= 0.3 is 0 Å². The first-order valence-corrected chi connectivity index (χ1v) is 11.2. The van der Waals surface area contributed by atoms with Crippen molar-refractivity contribution in [2.75, 3.05) is 26.9 Å². The molecule has 0 atom stereocenters. The summed E-state index contributed by atoms with van der Waals surface area (Å²) in [6.45, 7) is 12.4. The second-order valence-corrected chi connectivity index (χ2v) is 7.78. The van der Waals surface area contributed by atoms with Gasteiger partial charge in [-0.15, -0.1) is 0 Å². The highest BCUT2D eigenvalue weighted by Crippen LogP contribution is 2.30. The van der Waals surface area contributed by atoms with Gasteiger partial charge in [0.05, 0.1) is 38.2 Å². The molecule has 0 spiro atoms. The molecule has 32 heavy (non-hydrogen) atoms. The van der Waals surface area contributed by atoms with Gasteiger partial charge in [0.1, 0.15) is 5.75 Å². The van der Waals surface area contributed by atoms with E-state index in [9.17, 15) is 10.2 Å². The highest BCUT2D eigenvalue weighted by atomic mass is 16.5. The number of aliphatic hydroxyl groups excluding tert-OH is 2. The topological polar surface area (TPSA) is 84.2 Å². The lowest BCUT2D eigenvalue weighted by atomic mass is 10.0. The minimum atomic E-state index is -0.302. The van der Waals surface area contributed by atoms with Gasteiger partial charge in [-0.25, -0.2) is 4.99 Å². The predicted molar refractivity (Wildman–Crippen MR) is 129 cm³/mol. The Labute approximate surface area is 191 Å². The lowest BCUT2D eigenvalue weighted by Crippen LogP contribution is -2.20. The van der Waals surface area contributed by atoms with E-state index in [4.69, 9.17) is 9.47 Å². The molecule has 0 radical (unpaired) electrons. The summed E-state index contributed by atoms with van der Waals surface area (Å²) in [4.78, 5) is 9.24. The fraction of sp³-hybridized carbons (Fsp3) is 0.462. The highest BCUT2D eigenvalue weighted by Gasteiger charge is 2.15. The van der Waals surface area contributed by atoms with Gasteiger partial charge < -0.3 is 19.7 Å². The second kappa shape index (κ2) is 12.4. The summed E-state index contributed by atoms with van der Waals surface area (Å²) in [5, 5.41) is 18.6. The maximum atomic E-state index is 9.30. The van der Waals surface area contributed by atoms with Crippen LogP contribution in [0.1, 0.15) is 54.3 Å². The summed E-state index contributed by atoms with van der Waals surface area (Å²) in [5.74, 6) is 0.951. The van der Waals surface area contributed by atoms with Crippen LogP contribution in [0.3, 0.4) is 0 Å². The van der Waals surface area contributed by atoms with Gasteiger partial charge in [0.2, 0.25) is 5.90 Å². The molecule has 6 heteroatoms. The monoisotopic (exact) mass is 440 g/mol. The van der Waals surface area contributed by atoms with E-state index in [1.54, 1.807) is 13.3 Å². The van der Waals surface area contributed by atoms with Crippen LogP contribution in [-0.2, 0) is 24.0 Å². The Morgan fingerprint density at radius 1 is 1.03 bits per heavy atom. The van der Waals surface area contributed by atoms with Crippen molar-refractivity contribution in [2.45, 2.75) is 47.0 Å². The number of aromatic nitrogens is 1. The van der Waals surface area contributed by atoms with E-state index < -0.39 is 0 Å². The zero-order valence-electron chi connectivity index (χ0n) is 19.9. The van der Waals surface area contributed by atoms with Gasteiger partial charge in [-0.3, -0.25) is 4.98 Å². The molecule has 0 saturated heterocycles. The zero-order chi connectivity index (χ0) is 23.7. The molecular weight excluding hydrogens is 404 g/mol. The van der Waals surface area contributed by atoms with Gasteiger partial charge in [0.25, 0.3) is 0 Å². The Morgan fingerprint density at radius 3 is 2.25 bits per heavy atom. The molecule has 1 heterocycles. The molecule has 0 aliphatic carbocycles. The largest absolute Gasteiger partial charge is 0.493 e. The normalized spacial score (nSPS) is 11.7. The molecule has 0 bridgehead atoms. The van der Waals surface area contributed by atoms with E-state index >= 15 is 0 Å². The quantitative estimate of drug-likeness (QED) is 0.406. The zero-order valence-corrected chi connectivity index (χ0v) is 19.9. The third-order valence-corrected chi connectivity index (χ3v) is 5.50. The van der Waals surface area contributed by atoms with Crippen LogP contribution in [-0.4, -0.2) is 48.0 Å². The Bertz CT molecular complexity index is 949. The van der Waals surface area contributed by atoms with Crippen LogP contribution < -0.4 is 4.74 Å². The van der Waals surface area contributed by atoms with Crippen LogP contribution in [0.15, 0.2) is 36.0 Å². The van der Waals surface area contributed by atoms with Crippen molar-refractivity contribution in [3.63, 3.8) is 0 Å². The maximum absolute atomic E-state index is 9.30. The molecule has 0 aliphatic heterocycles. The van der Waals surface area contributed by atoms with Crippen LogP contribution in [0.5, 0.6) is 5.75 Å². The first-order valence-electron chi connectivity index (χ1n) is 11.2. The third kappa shape index (κ3) is 6.17. The third-order valence-electron chi connectivity index (χ3n) is 5.50. The summed E-state index contributed by atoms with van der Waals surface area (Å²) >= 11 is 0. The lowest BCUT2D eigenvalue weighted by Gasteiger charge is -2.18. The number of aliphatic imine (C=N–C) groups is 1. The van der Waals surface area contributed by atoms with Crippen molar-refractivity contribution in [1.29, 1.82) is 0 Å². The lowest BCUT2D eigenvalue weighted by molar-refractivity contribution is 0.105. The second-order valence-electron chi connectivity index (χ2n) is 7.78. The van der Waals surface area contributed by atoms with Gasteiger partial charge in [-0.05, 0) is 61.1 Å². The number of methoxy groups -OCH3 is 1. The molecule has 2 rings (SSSR count). The number of hydrogen-bond acceptors (Lipinski definition) is 6. The van der Waals surface area contributed by atoms with E-state index in [0.717, 1.165) is 53.0 Å². The molecule has 0 fully saturated rings. The summed E-state index contributed by atoms with van der Waals surface area (Å²) in [7, 11) is 1.60. The SMILES string of the molecule is C=C(N=C(OC)c1cnc(CC)c(CC)c1)c1cc(C)c(OCC(CO)CO)c(CC)c1. The number of ether oxygens (including phenoxy) is 2. The van der Waals surface area contributed by atoms with Crippen molar-refractivity contribution in [1.82, 2.24) is 4.98 Å². The fourth-order valence-corrected chi connectivity index (χ4v) is 3.54. The van der Waals surface area contributed by atoms with E-state index in [-0.39, 0.29) is 25.7 Å². The van der Waals surface area contributed by atoms with E-state index in [1.165, 1.54) is 5.56 Å². The number of aryl methyl sites for hydroxylation is 4. The summed E-state index contributed by atoms with van der Waals surface area (Å²) in [6, 6.07) is 6.08. The van der Waals surface area contributed by atoms with Crippen LogP contribution >= 0.6 is 0 Å². The molecule has 2 N–H and O–H groups in total. The molecule has 0 saturated carbocycles. The summed E-state index contributed by atoms with van der Waals surface area (Å²) in [6.07, 6.45) is 4.35. The van der Waals surface area contributed by atoms with Gasteiger partial charge in [-0.1, -0.05) is 27.4 Å². The van der Waals surface area contributed by atoms with Crippen molar-refractivity contribution < 1.29 is 19.7 Å². The Balaban J connectivity index is 2.35. The average Bonchev–Trinajstić information content (AvgIpc) is 2.82. The Morgan fingerprint density at radius 2 is 1.69 bits per heavy atom. The summed E-state index contributed by atoms with van der Waals surface area (Å²) < 4.78 is 11.5. The number of hydrogen-bond donors (Lipinski definition) is 2. The average molecular weight is 441 g/mol. The molecular formula is C26H36N2O4. The molecule has 0 aliphatic rings. The maximum Gasteiger partial charge on any atom is 0.222 e. The number of nitrogens with zero attached hydrogens (tertiary/aromatic N) is 2. The first-order chi connectivity index (χ1) is 15.4. The standard InChI is InChI=1S/C26H36N2O4/c1-7-20-11-23(13-27-24(20)9-3)26(31-6)28-18(5)22-10-17(4)25(21(8-2)12-22)32-16-19(14-29)15-30/h10-13,19,29-30H,5,7-9,14-16H2,1-4,6H3. The minimum Gasteiger partial charge on any atom is -0.493 e. The van der Waals surface area contributed by atoms with Crippen molar-refractivity contribution in [3.05, 3.63) is 64.5 Å². The van der Waals surface area contributed by atoms with E-state index in [1.807, 2.05) is 19.1 Å². The van der Waals surface area contributed by atoms with Gasteiger partial charge in [0.15, 0.2) is 0 Å². The first kappa shape index (κ1) is 25.6. The van der Waals surface area contributed by atoms with Crippen LogP contribution in [0.25, 0.3) is 5.70 Å². The smallest absolute Gasteiger partial charge is 0.222 e. The van der Waals surface area contributed by atoms with Crippen LogP contribution in [0.4, 0.5) is 0 Å². The molecule has 0 unspecified atom stereocenters. The number of benzene rings is 1. The predicted octanol–water partition coefficient (Wildman–Crippen LogP) is 4.12. The number of aliphatic hydroxyl groups is 2.